The third-order valence-corrected chi connectivity index (χ3v) is 4.26. The molecule has 1 heterocycles. The fourth-order valence-corrected chi connectivity index (χ4v) is 2.81. The van der Waals surface area contributed by atoms with E-state index in [1.807, 2.05) is 61.5 Å². The van der Waals surface area contributed by atoms with Gasteiger partial charge in [0.25, 0.3) is 5.91 Å². The Kier molecular flexibility index (Phi) is 5.87. The van der Waals surface area contributed by atoms with Crippen molar-refractivity contribution in [1.29, 1.82) is 0 Å². The smallest absolute Gasteiger partial charge is 0.258 e. The first-order valence-electron chi connectivity index (χ1n) is 8.30. The highest BCUT2D eigenvalue weighted by Crippen LogP contribution is 2.30. The molecule has 0 saturated heterocycles. The molecule has 0 aliphatic heterocycles. The van der Waals surface area contributed by atoms with Crippen molar-refractivity contribution in [2.45, 2.75) is 13.0 Å². The van der Waals surface area contributed by atoms with Crippen LogP contribution in [0.3, 0.4) is 0 Å². The van der Waals surface area contributed by atoms with Crippen LogP contribution in [0, 0.1) is 0 Å². The highest BCUT2D eigenvalue weighted by Gasteiger charge is 2.11. The molecule has 4 nitrogen and oxygen atoms in total. The van der Waals surface area contributed by atoms with Gasteiger partial charge in [0.15, 0.2) is 6.61 Å². The monoisotopic (exact) mass is 366 g/mol. The minimum absolute atomic E-state index is 0.102. The number of carbonyl (C=O) groups is 1. The second-order valence-electron chi connectivity index (χ2n) is 5.88. The summed E-state index contributed by atoms with van der Waals surface area (Å²) >= 11 is 6.30. The molecule has 1 N–H and O–H groups in total. The van der Waals surface area contributed by atoms with Crippen LogP contribution in [0.1, 0.15) is 18.5 Å². The first-order chi connectivity index (χ1) is 12.6. The molecule has 1 atom stereocenters. The maximum Gasteiger partial charge on any atom is 0.258 e. The van der Waals surface area contributed by atoms with Crippen molar-refractivity contribution in [3.63, 3.8) is 0 Å². The Bertz CT molecular complexity index is 870. The molecule has 26 heavy (non-hydrogen) atoms. The van der Waals surface area contributed by atoms with Crippen molar-refractivity contribution in [3.8, 4) is 16.9 Å². The van der Waals surface area contributed by atoms with Crippen molar-refractivity contribution >= 4 is 17.5 Å². The number of nitrogens with one attached hydrogen (secondary N) is 1. The van der Waals surface area contributed by atoms with Crippen LogP contribution in [0.5, 0.6) is 5.75 Å². The predicted molar refractivity (Wildman–Crippen MR) is 103 cm³/mol. The lowest BCUT2D eigenvalue weighted by atomic mass is 10.1. The number of benzene rings is 2. The number of rotatable bonds is 6. The Morgan fingerprint density at radius 1 is 1.12 bits per heavy atom. The molecule has 0 aliphatic carbocycles. The summed E-state index contributed by atoms with van der Waals surface area (Å²) in [6.45, 7) is 1.80. The molecule has 0 radical (unpaired) electrons. The van der Waals surface area contributed by atoms with Gasteiger partial charge >= 0.3 is 0 Å². The van der Waals surface area contributed by atoms with Crippen molar-refractivity contribution in [1.82, 2.24) is 10.3 Å². The van der Waals surface area contributed by atoms with Crippen molar-refractivity contribution in [3.05, 3.63) is 83.6 Å². The minimum atomic E-state index is -0.218. The number of hydrogen-bond donors (Lipinski definition) is 1. The first-order valence-corrected chi connectivity index (χ1v) is 8.68. The number of aromatic nitrogens is 1. The second-order valence-corrected chi connectivity index (χ2v) is 6.28. The molecule has 3 aromatic rings. The van der Waals surface area contributed by atoms with Crippen LogP contribution in [-0.2, 0) is 4.79 Å². The second kappa shape index (κ2) is 8.50. The normalized spacial score (nSPS) is 11.6. The Morgan fingerprint density at radius 2 is 1.92 bits per heavy atom. The number of hydrogen-bond acceptors (Lipinski definition) is 3. The van der Waals surface area contributed by atoms with Crippen LogP contribution in [0.25, 0.3) is 11.1 Å². The van der Waals surface area contributed by atoms with Crippen molar-refractivity contribution < 1.29 is 9.53 Å². The quantitative estimate of drug-likeness (QED) is 0.690. The predicted octanol–water partition coefficient (Wildman–Crippen LogP) is 4.66. The van der Waals surface area contributed by atoms with Crippen LogP contribution < -0.4 is 10.1 Å². The zero-order valence-corrected chi connectivity index (χ0v) is 15.1. The molecule has 0 unspecified atom stereocenters. The summed E-state index contributed by atoms with van der Waals surface area (Å²) in [6, 6.07) is 19.1. The van der Waals surface area contributed by atoms with E-state index in [-0.39, 0.29) is 18.6 Å². The number of ether oxygens (including phenoxy) is 1. The zero-order valence-electron chi connectivity index (χ0n) is 14.4. The molecule has 2 aromatic carbocycles. The van der Waals surface area contributed by atoms with E-state index in [0.717, 1.165) is 16.7 Å². The maximum atomic E-state index is 12.1. The third kappa shape index (κ3) is 4.61. The highest BCUT2D eigenvalue weighted by atomic mass is 35.5. The largest absolute Gasteiger partial charge is 0.482 e. The van der Waals surface area contributed by atoms with Crippen LogP contribution >= 0.6 is 11.6 Å². The van der Waals surface area contributed by atoms with Crippen LogP contribution in [-0.4, -0.2) is 17.5 Å². The van der Waals surface area contributed by atoms with Gasteiger partial charge in [-0.1, -0.05) is 54.1 Å². The van der Waals surface area contributed by atoms with Gasteiger partial charge in [-0.3, -0.25) is 9.78 Å². The molecule has 0 fully saturated rings. The number of carbonyl (C=O) groups excluding carboxylic acids is 1. The Balaban J connectivity index is 1.58. The molecule has 0 spiro atoms. The summed E-state index contributed by atoms with van der Waals surface area (Å²) in [7, 11) is 0. The van der Waals surface area contributed by atoms with Gasteiger partial charge in [-0.25, -0.2) is 0 Å². The molecule has 1 aromatic heterocycles. The van der Waals surface area contributed by atoms with Gasteiger partial charge in [-0.05, 0) is 41.8 Å². The van der Waals surface area contributed by atoms with Crippen LogP contribution in [0.15, 0.2) is 73.1 Å². The van der Waals surface area contributed by atoms with E-state index >= 15 is 0 Å². The Hall–Kier alpha value is -2.85. The number of pyridine rings is 1. The number of nitrogens with zero attached hydrogens (tertiary/aromatic N) is 1. The van der Waals surface area contributed by atoms with Gasteiger partial charge in [-0.2, -0.15) is 0 Å². The van der Waals surface area contributed by atoms with Gasteiger partial charge in [0, 0.05) is 12.4 Å². The summed E-state index contributed by atoms with van der Waals surface area (Å²) in [5, 5.41) is 3.35. The first kappa shape index (κ1) is 18.0. The summed E-state index contributed by atoms with van der Waals surface area (Å²) < 4.78 is 5.57. The zero-order chi connectivity index (χ0) is 18.4. The third-order valence-electron chi connectivity index (χ3n) is 3.96. The number of halogens is 1. The fourth-order valence-electron chi connectivity index (χ4n) is 2.57. The molecule has 0 aliphatic rings. The van der Waals surface area contributed by atoms with E-state index < -0.39 is 0 Å². The SMILES string of the molecule is C[C@@H](NC(=O)COc1ccc(-c2ccccc2)cc1Cl)c1cccnc1. The molecule has 5 heteroatoms. The molecular formula is C21H19ClN2O2. The van der Waals surface area contributed by atoms with Crippen LogP contribution in [0.4, 0.5) is 0 Å². The lowest BCUT2D eigenvalue weighted by Gasteiger charge is -2.15. The summed E-state index contributed by atoms with van der Waals surface area (Å²) in [4.78, 5) is 16.2. The van der Waals surface area contributed by atoms with Crippen LogP contribution in [0.2, 0.25) is 5.02 Å². The maximum absolute atomic E-state index is 12.1. The average molecular weight is 367 g/mol. The summed E-state index contributed by atoms with van der Waals surface area (Å²) in [5.41, 5.74) is 3.01. The van der Waals surface area contributed by atoms with E-state index in [9.17, 15) is 4.79 Å². The average Bonchev–Trinajstić information content (AvgIpc) is 2.68. The standard InChI is InChI=1S/C21H19ClN2O2/c1-15(18-8-5-11-23-13-18)24-21(25)14-26-20-10-9-17(12-19(20)22)16-6-3-2-4-7-16/h2-13,15H,14H2,1H3,(H,24,25)/t15-/m1/s1. The lowest BCUT2D eigenvalue weighted by molar-refractivity contribution is -0.123. The van der Waals surface area contributed by atoms with Crippen molar-refractivity contribution in [2.24, 2.45) is 0 Å². The summed E-state index contributed by atoms with van der Waals surface area (Å²) in [6.07, 6.45) is 3.42. The van der Waals surface area contributed by atoms with E-state index in [0.29, 0.717) is 10.8 Å². The summed E-state index contributed by atoms with van der Waals surface area (Å²) in [5.74, 6) is 0.264. The van der Waals surface area contributed by atoms with E-state index in [1.54, 1.807) is 18.5 Å². The molecule has 3 rings (SSSR count). The molecule has 1 amide bonds. The van der Waals surface area contributed by atoms with Crippen molar-refractivity contribution in [2.75, 3.05) is 6.61 Å². The van der Waals surface area contributed by atoms with E-state index in [1.165, 1.54) is 0 Å². The lowest BCUT2D eigenvalue weighted by Crippen LogP contribution is -2.31. The topological polar surface area (TPSA) is 51.2 Å². The Labute approximate surface area is 157 Å². The molecule has 0 saturated carbocycles. The van der Waals surface area contributed by atoms with Gasteiger partial charge in [0.05, 0.1) is 11.1 Å². The Morgan fingerprint density at radius 3 is 2.62 bits per heavy atom. The van der Waals surface area contributed by atoms with E-state index in [2.05, 4.69) is 10.3 Å². The highest BCUT2D eigenvalue weighted by molar-refractivity contribution is 6.32. The minimum Gasteiger partial charge on any atom is -0.482 e. The fraction of sp³-hybridized carbons (Fsp3) is 0.143. The van der Waals surface area contributed by atoms with Gasteiger partial charge in [0.2, 0.25) is 0 Å². The number of amides is 1. The van der Waals surface area contributed by atoms with E-state index in [4.69, 9.17) is 16.3 Å². The molecular weight excluding hydrogens is 348 g/mol. The van der Waals surface area contributed by atoms with Gasteiger partial charge in [0.1, 0.15) is 5.75 Å². The van der Waals surface area contributed by atoms with Gasteiger partial charge < -0.3 is 10.1 Å². The molecule has 0 bridgehead atoms. The van der Waals surface area contributed by atoms with Gasteiger partial charge in [-0.15, -0.1) is 0 Å². The molecule has 132 valence electrons.